The van der Waals surface area contributed by atoms with E-state index in [2.05, 4.69) is 10.6 Å². The molecule has 0 aliphatic heterocycles. The van der Waals surface area contributed by atoms with Gasteiger partial charge in [-0.1, -0.05) is 42.5 Å². The Morgan fingerprint density at radius 1 is 1.00 bits per heavy atom. The van der Waals surface area contributed by atoms with E-state index >= 15 is 0 Å². The van der Waals surface area contributed by atoms with Gasteiger partial charge in [-0.3, -0.25) is 4.79 Å². The molecular weight excluding hydrogens is 325 g/mol. The van der Waals surface area contributed by atoms with Gasteiger partial charge < -0.3 is 10.6 Å². The Morgan fingerprint density at radius 2 is 1.61 bits per heavy atom. The van der Waals surface area contributed by atoms with Gasteiger partial charge in [0.05, 0.1) is 17.7 Å². The Labute approximate surface area is 136 Å². The fourth-order valence-electron chi connectivity index (χ4n) is 1.94. The van der Waals surface area contributed by atoms with Gasteiger partial charge in [-0.15, -0.1) is 0 Å². The van der Waals surface area contributed by atoms with Gasteiger partial charge in [-0.2, -0.15) is 13.2 Å². The van der Waals surface area contributed by atoms with Crippen molar-refractivity contribution < 1.29 is 18.0 Å². The minimum atomic E-state index is -4.51. The average Bonchev–Trinajstić information content (AvgIpc) is 2.47. The zero-order valence-corrected chi connectivity index (χ0v) is 12.7. The quantitative estimate of drug-likeness (QED) is 0.837. The first kappa shape index (κ1) is 17.0. The Hall–Kier alpha value is -2.41. The van der Waals surface area contributed by atoms with E-state index in [1.54, 1.807) is 24.3 Å². The van der Waals surface area contributed by atoms with Gasteiger partial charge in [0.15, 0.2) is 5.11 Å². The molecule has 0 aliphatic carbocycles. The molecule has 0 fully saturated rings. The average molecular weight is 338 g/mol. The van der Waals surface area contributed by atoms with Gasteiger partial charge in [-0.05, 0) is 29.9 Å². The maximum atomic E-state index is 12.9. The third kappa shape index (κ3) is 5.07. The number of carbonyl (C=O) groups excluding carboxylic acids is 1. The number of benzene rings is 2. The highest BCUT2D eigenvalue weighted by Crippen LogP contribution is 2.34. The van der Waals surface area contributed by atoms with Crippen molar-refractivity contribution in [2.75, 3.05) is 5.32 Å². The molecule has 0 aliphatic rings. The van der Waals surface area contributed by atoms with E-state index in [4.69, 9.17) is 12.2 Å². The molecule has 23 heavy (non-hydrogen) atoms. The molecule has 1 amide bonds. The second-order valence-corrected chi connectivity index (χ2v) is 5.12. The monoisotopic (exact) mass is 338 g/mol. The Kier molecular flexibility index (Phi) is 5.33. The molecule has 0 heterocycles. The number of amides is 1. The molecule has 2 rings (SSSR count). The second kappa shape index (κ2) is 7.23. The third-order valence-electron chi connectivity index (χ3n) is 2.94. The predicted molar refractivity (Wildman–Crippen MR) is 86.0 cm³/mol. The lowest BCUT2D eigenvalue weighted by Gasteiger charge is -2.15. The van der Waals surface area contributed by atoms with Crippen LogP contribution in [0.2, 0.25) is 0 Å². The number of anilines is 1. The molecule has 120 valence electrons. The molecule has 2 aromatic carbocycles. The largest absolute Gasteiger partial charge is 0.418 e. The minimum Gasteiger partial charge on any atom is -0.332 e. The van der Waals surface area contributed by atoms with Crippen LogP contribution in [0.4, 0.5) is 18.9 Å². The van der Waals surface area contributed by atoms with E-state index in [1.165, 1.54) is 18.2 Å². The normalized spacial score (nSPS) is 10.9. The molecule has 0 unspecified atom stereocenters. The molecule has 0 atom stereocenters. The van der Waals surface area contributed by atoms with Crippen molar-refractivity contribution in [3.63, 3.8) is 0 Å². The van der Waals surface area contributed by atoms with Gasteiger partial charge in [0.2, 0.25) is 5.91 Å². The Bertz CT molecular complexity index is 702. The highest BCUT2D eigenvalue weighted by molar-refractivity contribution is 7.80. The number of hydrogen-bond acceptors (Lipinski definition) is 2. The SMILES string of the molecule is O=C(Cc1ccccc1)NC(=S)Nc1ccccc1C(F)(F)F. The zero-order chi connectivity index (χ0) is 16.9. The van der Waals surface area contributed by atoms with Crippen LogP contribution in [-0.4, -0.2) is 11.0 Å². The smallest absolute Gasteiger partial charge is 0.332 e. The van der Waals surface area contributed by atoms with Gasteiger partial charge >= 0.3 is 6.18 Å². The molecular formula is C16H13F3N2OS. The molecule has 0 radical (unpaired) electrons. The number of para-hydroxylation sites is 1. The summed E-state index contributed by atoms with van der Waals surface area (Å²) in [5, 5.41) is 4.60. The fraction of sp³-hybridized carbons (Fsp3) is 0.125. The number of nitrogens with one attached hydrogen (secondary N) is 2. The summed E-state index contributed by atoms with van der Waals surface area (Å²) < 4.78 is 38.6. The lowest BCUT2D eigenvalue weighted by Crippen LogP contribution is -2.35. The first-order valence-corrected chi connectivity index (χ1v) is 7.08. The van der Waals surface area contributed by atoms with Crippen molar-refractivity contribution >= 4 is 28.9 Å². The molecule has 7 heteroatoms. The summed E-state index contributed by atoms with van der Waals surface area (Å²) in [5.41, 5.74) is -0.270. The predicted octanol–water partition coefficient (Wildman–Crippen LogP) is 3.76. The van der Waals surface area contributed by atoms with Crippen LogP contribution in [0, 0.1) is 0 Å². The van der Waals surface area contributed by atoms with Gasteiger partial charge in [0.1, 0.15) is 0 Å². The van der Waals surface area contributed by atoms with E-state index in [-0.39, 0.29) is 17.2 Å². The van der Waals surface area contributed by atoms with Gasteiger partial charge in [-0.25, -0.2) is 0 Å². The Balaban J connectivity index is 1.99. The number of alkyl halides is 3. The first-order valence-electron chi connectivity index (χ1n) is 6.67. The third-order valence-corrected chi connectivity index (χ3v) is 3.15. The maximum absolute atomic E-state index is 12.9. The molecule has 0 saturated carbocycles. The van der Waals surface area contributed by atoms with Crippen LogP contribution in [0.1, 0.15) is 11.1 Å². The van der Waals surface area contributed by atoms with Crippen LogP contribution in [0.15, 0.2) is 54.6 Å². The molecule has 0 bridgehead atoms. The van der Waals surface area contributed by atoms with Crippen molar-refractivity contribution in [3.05, 3.63) is 65.7 Å². The number of carbonyl (C=O) groups is 1. The van der Waals surface area contributed by atoms with Gasteiger partial charge in [0, 0.05) is 0 Å². The van der Waals surface area contributed by atoms with Crippen LogP contribution >= 0.6 is 12.2 Å². The maximum Gasteiger partial charge on any atom is 0.418 e. The Morgan fingerprint density at radius 3 is 2.26 bits per heavy atom. The molecule has 0 spiro atoms. The second-order valence-electron chi connectivity index (χ2n) is 4.71. The summed E-state index contributed by atoms with van der Waals surface area (Å²) in [7, 11) is 0. The van der Waals surface area contributed by atoms with E-state index < -0.39 is 17.6 Å². The lowest BCUT2D eigenvalue weighted by atomic mass is 10.1. The number of rotatable bonds is 3. The van der Waals surface area contributed by atoms with Crippen LogP contribution in [0.5, 0.6) is 0 Å². The van der Waals surface area contributed by atoms with Crippen molar-refractivity contribution in [1.82, 2.24) is 5.32 Å². The highest BCUT2D eigenvalue weighted by Gasteiger charge is 2.33. The zero-order valence-electron chi connectivity index (χ0n) is 11.9. The van der Waals surface area contributed by atoms with Crippen LogP contribution in [-0.2, 0) is 17.4 Å². The summed E-state index contributed by atoms with van der Waals surface area (Å²) in [6, 6.07) is 13.9. The van der Waals surface area contributed by atoms with E-state index in [0.29, 0.717) is 0 Å². The lowest BCUT2D eigenvalue weighted by molar-refractivity contribution is -0.136. The number of thiocarbonyl (C=S) groups is 1. The summed E-state index contributed by atoms with van der Waals surface area (Å²) in [5.74, 6) is -0.404. The molecule has 3 nitrogen and oxygen atoms in total. The van der Waals surface area contributed by atoms with Crippen molar-refractivity contribution in [2.45, 2.75) is 12.6 Å². The molecule has 2 aromatic rings. The van der Waals surface area contributed by atoms with E-state index in [1.807, 2.05) is 6.07 Å². The van der Waals surface area contributed by atoms with Crippen molar-refractivity contribution in [2.24, 2.45) is 0 Å². The number of hydrogen-bond donors (Lipinski definition) is 2. The summed E-state index contributed by atoms with van der Waals surface area (Å²) in [6.07, 6.45) is -4.42. The van der Waals surface area contributed by atoms with Gasteiger partial charge in [0.25, 0.3) is 0 Å². The highest BCUT2D eigenvalue weighted by atomic mass is 32.1. The topological polar surface area (TPSA) is 41.1 Å². The van der Waals surface area contributed by atoms with Crippen LogP contribution in [0.3, 0.4) is 0 Å². The van der Waals surface area contributed by atoms with Crippen molar-refractivity contribution in [3.8, 4) is 0 Å². The summed E-state index contributed by atoms with van der Waals surface area (Å²) in [4.78, 5) is 11.8. The summed E-state index contributed by atoms with van der Waals surface area (Å²) in [6.45, 7) is 0. The fourth-order valence-corrected chi connectivity index (χ4v) is 2.17. The minimum absolute atomic E-state index is 0.0869. The van der Waals surface area contributed by atoms with E-state index in [0.717, 1.165) is 11.6 Å². The standard InChI is InChI=1S/C16H13F3N2OS/c17-16(18,19)12-8-4-5-9-13(12)20-15(23)21-14(22)10-11-6-2-1-3-7-11/h1-9H,10H2,(H2,20,21,22,23). The summed E-state index contributed by atoms with van der Waals surface area (Å²) >= 11 is 4.90. The van der Waals surface area contributed by atoms with E-state index in [9.17, 15) is 18.0 Å². The molecule has 0 aromatic heterocycles. The number of halogens is 3. The van der Waals surface area contributed by atoms with Crippen LogP contribution < -0.4 is 10.6 Å². The first-order chi connectivity index (χ1) is 10.9. The van der Waals surface area contributed by atoms with Crippen LogP contribution in [0.25, 0.3) is 0 Å². The molecule has 2 N–H and O–H groups in total. The molecule has 0 saturated heterocycles. The van der Waals surface area contributed by atoms with Crippen molar-refractivity contribution in [1.29, 1.82) is 0 Å².